The molecule has 0 bridgehead atoms. The highest BCUT2D eigenvalue weighted by Gasteiger charge is 2.12. The predicted octanol–water partition coefficient (Wildman–Crippen LogP) is 3.84. The Balaban J connectivity index is 1.72. The Kier molecular flexibility index (Phi) is 4.40. The summed E-state index contributed by atoms with van der Waals surface area (Å²) in [5.74, 6) is -0.105. The van der Waals surface area contributed by atoms with Crippen molar-refractivity contribution in [2.24, 2.45) is 7.05 Å². The molecule has 3 rings (SSSR count). The molecule has 3 aromatic rings. The fourth-order valence-electron chi connectivity index (χ4n) is 2.13. The average molecular weight is 376 g/mol. The van der Waals surface area contributed by atoms with E-state index in [9.17, 15) is 4.79 Å². The van der Waals surface area contributed by atoms with Gasteiger partial charge in [-0.3, -0.25) is 9.48 Å². The minimum Gasteiger partial charge on any atom is -0.346 e. The molecule has 0 atom stereocenters. The van der Waals surface area contributed by atoms with Gasteiger partial charge >= 0.3 is 0 Å². The summed E-state index contributed by atoms with van der Waals surface area (Å²) in [6, 6.07) is 13.4. The van der Waals surface area contributed by atoms with Gasteiger partial charge in [-0.15, -0.1) is 11.3 Å². The molecule has 0 fully saturated rings. The van der Waals surface area contributed by atoms with Crippen molar-refractivity contribution in [2.45, 2.75) is 6.54 Å². The number of aromatic nitrogens is 2. The molecule has 0 radical (unpaired) electrons. The number of aryl methyl sites for hydroxylation is 1. The van der Waals surface area contributed by atoms with E-state index in [1.165, 1.54) is 0 Å². The first-order chi connectivity index (χ1) is 10.6. The smallest absolute Gasteiger partial charge is 0.252 e. The van der Waals surface area contributed by atoms with Crippen LogP contribution in [0.25, 0.3) is 10.6 Å². The van der Waals surface area contributed by atoms with E-state index in [0.717, 1.165) is 20.7 Å². The van der Waals surface area contributed by atoms with Crippen LogP contribution in [0.2, 0.25) is 0 Å². The van der Waals surface area contributed by atoms with E-state index in [1.54, 1.807) is 22.1 Å². The number of carbonyl (C=O) groups excluding carboxylic acids is 1. The topological polar surface area (TPSA) is 46.9 Å². The van der Waals surface area contributed by atoms with Gasteiger partial charge in [-0.2, -0.15) is 5.10 Å². The first-order valence-corrected chi connectivity index (χ1v) is 8.42. The molecule has 2 heterocycles. The van der Waals surface area contributed by atoms with E-state index in [4.69, 9.17) is 0 Å². The van der Waals surface area contributed by atoms with Crippen molar-refractivity contribution >= 4 is 33.2 Å². The van der Waals surface area contributed by atoms with Gasteiger partial charge in [-0.25, -0.2) is 0 Å². The quantitative estimate of drug-likeness (QED) is 0.752. The highest BCUT2D eigenvalue weighted by Crippen LogP contribution is 2.24. The van der Waals surface area contributed by atoms with Crippen molar-refractivity contribution in [1.29, 1.82) is 0 Å². The molecular formula is C16H14BrN3OS. The van der Waals surface area contributed by atoms with Crippen molar-refractivity contribution in [3.8, 4) is 10.6 Å². The fourth-order valence-corrected chi connectivity index (χ4v) is 3.27. The van der Waals surface area contributed by atoms with E-state index < -0.39 is 0 Å². The summed E-state index contributed by atoms with van der Waals surface area (Å²) in [6.07, 6.45) is 0. The Bertz CT molecular complexity index is 796. The van der Waals surface area contributed by atoms with Crippen molar-refractivity contribution in [3.05, 3.63) is 63.6 Å². The van der Waals surface area contributed by atoms with Crippen LogP contribution in [0.3, 0.4) is 0 Å². The molecule has 4 nitrogen and oxygen atoms in total. The summed E-state index contributed by atoms with van der Waals surface area (Å²) in [5, 5.41) is 9.44. The largest absolute Gasteiger partial charge is 0.346 e. The van der Waals surface area contributed by atoms with E-state index in [0.29, 0.717) is 12.1 Å². The van der Waals surface area contributed by atoms with E-state index in [1.807, 2.05) is 48.8 Å². The molecule has 22 heavy (non-hydrogen) atoms. The van der Waals surface area contributed by atoms with Gasteiger partial charge in [-0.1, -0.05) is 18.2 Å². The summed E-state index contributed by atoms with van der Waals surface area (Å²) < 4.78 is 2.59. The Morgan fingerprint density at radius 2 is 2.14 bits per heavy atom. The molecule has 0 spiro atoms. The van der Waals surface area contributed by atoms with Crippen LogP contribution in [0.4, 0.5) is 0 Å². The lowest BCUT2D eigenvalue weighted by Crippen LogP contribution is -2.24. The van der Waals surface area contributed by atoms with Gasteiger partial charge in [0.1, 0.15) is 5.69 Å². The number of carbonyl (C=O) groups is 1. The van der Waals surface area contributed by atoms with Gasteiger partial charge in [-0.05, 0) is 45.6 Å². The van der Waals surface area contributed by atoms with Crippen LogP contribution in [0.15, 0.2) is 52.3 Å². The SMILES string of the molecule is Cn1nc(-c2cccs2)cc1CNC(=O)c1ccccc1Br. The number of hydrogen-bond donors (Lipinski definition) is 1. The molecule has 0 aliphatic carbocycles. The number of nitrogens with one attached hydrogen (secondary N) is 1. The lowest BCUT2D eigenvalue weighted by molar-refractivity contribution is 0.0949. The van der Waals surface area contributed by atoms with Crippen molar-refractivity contribution in [1.82, 2.24) is 15.1 Å². The zero-order valence-electron chi connectivity index (χ0n) is 11.9. The molecule has 0 saturated heterocycles. The van der Waals surface area contributed by atoms with Crippen molar-refractivity contribution in [3.63, 3.8) is 0 Å². The summed E-state index contributed by atoms with van der Waals surface area (Å²) in [5.41, 5.74) is 2.52. The zero-order valence-corrected chi connectivity index (χ0v) is 14.3. The molecule has 1 aromatic carbocycles. The van der Waals surface area contributed by atoms with Crippen LogP contribution in [0, 0.1) is 0 Å². The molecule has 0 unspecified atom stereocenters. The maximum Gasteiger partial charge on any atom is 0.252 e. The normalized spacial score (nSPS) is 10.6. The second-order valence-corrected chi connectivity index (χ2v) is 6.59. The molecular weight excluding hydrogens is 362 g/mol. The Morgan fingerprint density at radius 3 is 2.86 bits per heavy atom. The first kappa shape index (κ1) is 15.0. The maximum atomic E-state index is 12.2. The monoisotopic (exact) mass is 375 g/mol. The molecule has 1 N–H and O–H groups in total. The molecule has 0 aliphatic rings. The second kappa shape index (κ2) is 6.46. The molecule has 0 saturated carbocycles. The Morgan fingerprint density at radius 1 is 1.32 bits per heavy atom. The number of nitrogens with zero attached hydrogens (tertiary/aromatic N) is 2. The molecule has 6 heteroatoms. The first-order valence-electron chi connectivity index (χ1n) is 6.74. The number of thiophene rings is 1. The number of halogens is 1. The molecule has 1 amide bonds. The van der Waals surface area contributed by atoms with Crippen molar-refractivity contribution < 1.29 is 4.79 Å². The summed E-state index contributed by atoms with van der Waals surface area (Å²) in [6.45, 7) is 0.440. The Labute approximate surface area is 140 Å². The maximum absolute atomic E-state index is 12.2. The highest BCUT2D eigenvalue weighted by atomic mass is 79.9. The second-order valence-electron chi connectivity index (χ2n) is 4.78. The van der Waals surface area contributed by atoms with Crippen LogP contribution in [-0.2, 0) is 13.6 Å². The van der Waals surface area contributed by atoms with Gasteiger partial charge in [0.05, 0.1) is 22.7 Å². The number of hydrogen-bond acceptors (Lipinski definition) is 3. The fraction of sp³-hybridized carbons (Fsp3) is 0.125. The zero-order chi connectivity index (χ0) is 15.5. The van der Waals surface area contributed by atoms with E-state index >= 15 is 0 Å². The van der Waals surface area contributed by atoms with E-state index in [2.05, 4.69) is 26.3 Å². The summed E-state index contributed by atoms with van der Waals surface area (Å²) in [7, 11) is 1.89. The van der Waals surface area contributed by atoms with Gasteiger partial charge in [0.2, 0.25) is 0 Å². The van der Waals surface area contributed by atoms with Gasteiger partial charge in [0, 0.05) is 11.5 Å². The molecule has 0 aliphatic heterocycles. The predicted molar refractivity (Wildman–Crippen MR) is 91.8 cm³/mol. The van der Waals surface area contributed by atoms with Gasteiger partial charge < -0.3 is 5.32 Å². The summed E-state index contributed by atoms with van der Waals surface area (Å²) in [4.78, 5) is 13.3. The van der Waals surface area contributed by atoms with Crippen LogP contribution in [-0.4, -0.2) is 15.7 Å². The van der Waals surface area contributed by atoms with Crippen LogP contribution >= 0.6 is 27.3 Å². The van der Waals surface area contributed by atoms with E-state index in [-0.39, 0.29) is 5.91 Å². The number of rotatable bonds is 4. The van der Waals surface area contributed by atoms with Crippen LogP contribution in [0.5, 0.6) is 0 Å². The van der Waals surface area contributed by atoms with Gasteiger partial charge in [0.25, 0.3) is 5.91 Å². The third-order valence-corrected chi connectivity index (χ3v) is 4.88. The lowest BCUT2D eigenvalue weighted by Gasteiger charge is -2.06. The lowest BCUT2D eigenvalue weighted by atomic mass is 10.2. The average Bonchev–Trinajstić information content (AvgIpc) is 3.15. The number of benzene rings is 1. The Hall–Kier alpha value is -1.92. The van der Waals surface area contributed by atoms with Crippen molar-refractivity contribution in [2.75, 3.05) is 0 Å². The standard InChI is InChI=1S/C16H14BrN3OS/c1-20-11(9-14(19-20)15-7-4-8-22-15)10-18-16(21)12-5-2-3-6-13(12)17/h2-9H,10H2,1H3,(H,18,21). The third kappa shape index (κ3) is 3.13. The third-order valence-electron chi connectivity index (χ3n) is 3.30. The molecule has 2 aromatic heterocycles. The minimum atomic E-state index is -0.105. The highest BCUT2D eigenvalue weighted by molar-refractivity contribution is 9.10. The van der Waals surface area contributed by atoms with Gasteiger partial charge in [0.15, 0.2) is 0 Å². The molecule has 112 valence electrons. The van der Waals surface area contributed by atoms with Crippen LogP contribution in [0.1, 0.15) is 16.1 Å². The van der Waals surface area contributed by atoms with Crippen LogP contribution < -0.4 is 5.32 Å². The number of amides is 1. The minimum absolute atomic E-state index is 0.105. The summed E-state index contributed by atoms with van der Waals surface area (Å²) >= 11 is 5.04.